The SMILES string of the molecule is C[C@@H](N)c1ccc(Oc2ccc(F)cc2)cc1. The fourth-order valence-corrected chi connectivity index (χ4v) is 1.48. The zero-order chi connectivity index (χ0) is 12.3. The first-order chi connectivity index (χ1) is 8.15. The normalized spacial score (nSPS) is 12.2. The van der Waals surface area contributed by atoms with Gasteiger partial charge < -0.3 is 10.5 Å². The average molecular weight is 231 g/mol. The molecule has 0 spiro atoms. The van der Waals surface area contributed by atoms with Crippen LogP contribution in [0.4, 0.5) is 4.39 Å². The minimum Gasteiger partial charge on any atom is -0.457 e. The van der Waals surface area contributed by atoms with Gasteiger partial charge in [0.2, 0.25) is 0 Å². The highest BCUT2D eigenvalue weighted by atomic mass is 19.1. The molecular formula is C14H14FNO. The Balaban J connectivity index is 2.11. The van der Waals surface area contributed by atoms with Crippen LogP contribution < -0.4 is 10.5 Å². The van der Waals surface area contributed by atoms with Crippen LogP contribution in [0, 0.1) is 5.82 Å². The molecule has 2 aromatic carbocycles. The van der Waals surface area contributed by atoms with Crippen LogP contribution in [0.3, 0.4) is 0 Å². The van der Waals surface area contributed by atoms with E-state index in [0.29, 0.717) is 11.5 Å². The summed E-state index contributed by atoms with van der Waals surface area (Å²) in [6, 6.07) is 13.5. The molecule has 0 heterocycles. The van der Waals surface area contributed by atoms with Gasteiger partial charge in [0, 0.05) is 6.04 Å². The van der Waals surface area contributed by atoms with E-state index in [2.05, 4.69) is 0 Å². The van der Waals surface area contributed by atoms with E-state index >= 15 is 0 Å². The van der Waals surface area contributed by atoms with E-state index < -0.39 is 0 Å². The molecule has 2 aromatic rings. The first-order valence-electron chi connectivity index (χ1n) is 5.44. The topological polar surface area (TPSA) is 35.2 Å². The summed E-state index contributed by atoms with van der Waals surface area (Å²) >= 11 is 0. The van der Waals surface area contributed by atoms with Crippen molar-refractivity contribution in [1.29, 1.82) is 0 Å². The maximum absolute atomic E-state index is 12.7. The molecule has 0 aliphatic carbocycles. The van der Waals surface area contributed by atoms with Gasteiger partial charge in [-0.05, 0) is 48.9 Å². The van der Waals surface area contributed by atoms with Crippen molar-refractivity contribution in [2.45, 2.75) is 13.0 Å². The van der Waals surface area contributed by atoms with Gasteiger partial charge in [-0.3, -0.25) is 0 Å². The van der Waals surface area contributed by atoms with Gasteiger partial charge in [0.1, 0.15) is 17.3 Å². The summed E-state index contributed by atoms with van der Waals surface area (Å²) < 4.78 is 18.3. The van der Waals surface area contributed by atoms with Crippen molar-refractivity contribution >= 4 is 0 Å². The van der Waals surface area contributed by atoms with Crippen LogP contribution in [0.5, 0.6) is 11.5 Å². The fraction of sp³-hybridized carbons (Fsp3) is 0.143. The Labute approximate surface area is 99.8 Å². The summed E-state index contributed by atoms with van der Waals surface area (Å²) in [5, 5.41) is 0. The minimum absolute atomic E-state index is 0.00914. The summed E-state index contributed by atoms with van der Waals surface area (Å²) in [7, 11) is 0. The zero-order valence-corrected chi connectivity index (χ0v) is 9.56. The largest absolute Gasteiger partial charge is 0.457 e. The van der Waals surface area contributed by atoms with Gasteiger partial charge >= 0.3 is 0 Å². The molecule has 88 valence electrons. The van der Waals surface area contributed by atoms with Crippen molar-refractivity contribution < 1.29 is 9.13 Å². The number of hydrogen-bond donors (Lipinski definition) is 1. The maximum atomic E-state index is 12.7. The minimum atomic E-state index is -0.273. The van der Waals surface area contributed by atoms with Crippen molar-refractivity contribution in [2.24, 2.45) is 5.73 Å². The lowest BCUT2D eigenvalue weighted by Gasteiger charge is -2.08. The second-order valence-electron chi connectivity index (χ2n) is 3.91. The second-order valence-corrected chi connectivity index (χ2v) is 3.91. The van der Waals surface area contributed by atoms with Crippen LogP contribution >= 0.6 is 0 Å². The molecule has 2 N–H and O–H groups in total. The Morgan fingerprint density at radius 3 is 1.88 bits per heavy atom. The van der Waals surface area contributed by atoms with E-state index in [4.69, 9.17) is 10.5 Å². The van der Waals surface area contributed by atoms with Crippen LogP contribution in [0.25, 0.3) is 0 Å². The summed E-state index contributed by atoms with van der Waals surface area (Å²) in [5.74, 6) is 1.05. The van der Waals surface area contributed by atoms with Gasteiger partial charge in [-0.15, -0.1) is 0 Å². The first-order valence-corrected chi connectivity index (χ1v) is 5.44. The van der Waals surface area contributed by atoms with E-state index in [1.807, 2.05) is 31.2 Å². The van der Waals surface area contributed by atoms with E-state index in [9.17, 15) is 4.39 Å². The summed E-state index contributed by atoms with van der Waals surface area (Å²) in [6.45, 7) is 1.93. The van der Waals surface area contributed by atoms with Gasteiger partial charge in [0.15, 0.2) is 0 Å². The monoisotopic (exact) mass is 231 g/mol. The van der Waals surface area contributed by atoms with Crippen LogP contribution in [0.1, 0.15) is 18.5 Å². The quantitative estimate of drug-likeness (QED) is 0.875. The smallest absolute Gasteiger partial charge is 0.127 e. The summed E-state index contributed by atoms with van der Waals surface area (Å²) in [6.07, 6.45) is 0. The molecule has 0 aliphatic rings. The highest BCUT2D eigenvalue weighted by molar-refractivity contribution is 5.33. The fourth-order valence-electron chi connectivity index (χ4n) is 1.48. The molecular weight excluding hydrogens is 217 g/mol. The van der Waals surface area contributed by atoms with Crippen molar-refractivity contribution in [3.63, 3.8) is 0 Å². The van der Waals surface area contributed by atoms with Gasteiger partial charge in [-0.2, -0.15) is 0 Å². The highest BCUT2D eigenvalue weighted by Crippen LogP contribution is 2.22. The molecule has 1 atom stereocenters. The average Bonchev–Trinajstić information content (AvgIpc) is 2.33. The van der Waals surface area contributed by atoms with Crippen LogP contribution in [0.2, 0.25) is 0 Å². The lowest BCUT2D eigenvalue weighted by Crippen LogP contribution is -2.04. The molecule has 0 saturated heterocycles. The molecule has 0 aromatic heterocycles. The van der Waals surface area contributed by atoms with E-state index in [1.165, 1.54) is 12.1 Å². The molecule has 0 unspecified atom stereocenters. The number of halogens is 1. The molecule has 17 heavy (non-hydrogen) atoms. The number of hydrogen-bond acceptors (Lipinski definition) is 2. The Morgan fingerprint density at radius 1 is 0.941 bits per heavy atom. The molecule has 0 aliphatic heterocycles. The van der Waals surface area contributed by atoms with E-state index in [1.54, 1.807) is 12.1 Å². The van der Waals surface area contributed by atoms with Crippen molar-refractivity contribution in [1.82, 2.24) is 0 Å². The molecule has 0 fully saturated rings. The third kappa shape index (κ3) is 3.04. The number of ether oxygens (including phenoxy) is 1. The Morgan fingerprint density at radius 2 is 1.41 bits per heavy atom. The molecule has 0 saturated carbocycles. The number of benzene rings is 2. The Kier molecular flexibility index (Phi) is 3.40. The first kappa shape index (κ1) is 11.6. The molecule has 0 radical (unpaired) electrons. The van der Waals surface area contributed by atoms with Gasteiger partial charge in [-0.1, -0.05) is 12.1 Å². The van der Waals surface area contributed by atoms with Gasteiger partial charge in [0.05, 0.1) is 0 Å². The van der Waals surface area contributed by atoms with Crippen LogP contribution in [-0.4, -0.2) is 0 Å². The molecule has 3 heteroatoms. The predicted octanol–water partition coefficient (Wildman–Crippen LogP) is 3.64. The van der Waals surface area contributed by atoms with E-state index in [-0.39, 0.29) is 11.9 Å². The Hall–Kier alpha value is -1.87. The maximum Gasteiger partial charge on any atom is 0.127 e. The number of nitrogens with two attached hydrogens (primary N) is 1. The molecule has 2 nitrogen and oxygen atoms in total. The highest BCUT2D eigenvalue weighted by Gasteiger charge is 2.01. The van der Waals surface area contributed by atoms with Crippen LogP contribution in [0.15, 0.2) is 48.5 Å². The third-order valence-corrected chi connectivity index (χ3v) is 2.46. The zero-order valence-electron chi connectivity index (χ0n) is 9.56. The van der Waals surface area contributed by atoms with Crippen molar-refractivity contribution in [3.8, 4) is 11.5 Å². The standard InChI is InChI=1S/C14H14FNO/c1-10(16)11-2-6-13(7-3-11)17-14-8-4-12(15)5-9-14/h2-10H,16H2,1H3/t10-/m1/s1. The molecule has 0 bridgehead atoms. The van der Waals surface area contributed by atoms with Gasteiger partial charge in [0.25, 0.3) is 0 Å². The third-order valence-electron chi connectivity index (χ3n) is 2.46. The summed E-state index contributed by atoms with van der Waals surface area (Å²) in [4.78, 5) is 0. The lowest BCUT2D eigenvalue weighted by molar-refractivity contribution is 0.480. The molecule has 0 amide bonds. The number of rotatable bonds is 3. The second kappa shape index (κ2) is 4.97. The van der Waals surface area contributed by atoms with E-state index in [0.717, 1.165) is 5.56 Å². The van der Waals surface area contributed by atoms with Crippen molar-refractivity contribution in [2.75, 3.05) is 0 Å². The molecule has 2 rings (SSSR count). The Bertz CT molecular complexity index is 477. The van der Waals surface area contributed by atoms with Crippen LogP contribution in [-0.2, 0) is 0 Å². The lowest BCUT2D eigenvalue weighted by atomic mass is 10.1. The van der Waals surface area contributed by atoms with Crippen molar-refractivity contribution in [3.05, 3.63) is 59.9 Å². The predicted molar refractivity (Wildman–Crippen MR) is 65.5 cm³/mol. The van der Waals surface area contributed by atoms with Gasteiger partial charge in [-0.25, -0.2) is 4.39 Å². The summed E-state index contributed by atoms with van der Waals surface area (Å²) in [5.41, 5.74) is 6.80.